The number of rotatable bonds is 0. The summed E-state index contributed by atoms with van der Waals surface area (Å²) in [7, 11) is 0. The molecule has 1 heterocycles. The van der Waals surface area contributed by atoms with Crippen molar-refractivity contribution in [1.29, 1.82) is 0 Å². The number of nitrogens with one attached hydrogen (secondary N) is 1. The van der Waals surface area contributed by atoms with E-state index in [1.54, 1.807) is 0 Å². The van der Waals surface area contributed by atoms with Crippen LogP contribution in [0.4, 0.5) is 5.69 Å². The van der Waals surface area contributed by atoms with Gasteiger partial charge in [-0.1, -0.05) is 24.3 Å². The van der Waals surface area contributed by atoms with Crippen molar-refractivity contribution in [2.24, 2.45) is 20.6 Å². The second-order valence-electron chi connectivity index (χ2n) is 4.48. The van der Waals surface area contributed by atoms with Crippen LogP contribution in [-0.4, -0.2) is 12.4 Å². The van der Waals surface area contributed by atoms with Gasteiger partial charge in [-0.05, 0) is 51.3 Å². The first-order valence-corrected chi connectivity index (χ1v) is 6.35. The number of hydrogen-bond acceptors (Lipinski definition) is 6. The summed E-state index contributed by atoms with van der Waals surface area (Å²) in [5.41, 5.74) is 11.9. The lowest BCUT2D eigenvalue weighted by molar-refractivity contribution is 0.733. The molecule has 20 heavy (non-hydrogen) atoms. The molecule has 0 aromatic heterocycles. The van der Waals surface area contributed by atoms with Crippen LogP contribution in [0.5, 0.6) is 0 Å². The Bertz CT molecular complexity index is 703. The number of nitrogen functional groups attached to an aromatic ring is 1. The first-order chi connectivity index (χ1) is 9.86. The van der Waals surface area contributed by atoms with Gasteiger partial charge >= 0.3 is 0 Å². The summed E-state index contributed by atoms with van der Waals surface area (Å²) in [6.07, 6.45) is 5.16. The molecule has 1 aliphatic carbocycles. The Morgan fingerprint density at radius 1 is 1.05 bits per heavy atom. The van der Waals surface area contributed by atoms with Crippen LogP contribution < -0.4 is 11.3 Å². The van der Waals surface area contributed by atoms with Crippen molar-refractivity contribution < 1.29 is 0 Å². The Labute approximate surface area is 116 Å². The molecule has 0 saturated carbocycles. The molecule has 6 heteroatoms. The van der Waals surface area contributed by atoms with Crippen LogP contribution >= 0.6 is 0 Å². The second kappa shape index (κ2) is 5.48. The molecule has 1 aliphatic heterocycles. The maximum atomic E-state index is 5.93. The van der Waals surface area contributed by atoms with Crippen LogP contribution in [0, 0.1) is 0 Å². The van der Waals surface area contributed by atoms with Gasteiger partial charge in [-0.3, -0.25) is 0 Å². The number of hydrogen-bond donors (Lipinski definition) is 2. The minimum absolute atomic E-state index is 0.956. The Kier molecular flexibility index (Phi) is 3.36. The van der Waals surface area contributed by atoms with Crippen molar-refractivity contribution in [2.45, 2.75) is 12.8 Å². The maximum Gasteiger partial charge on any atom is 0.0716 e. The molecule has 4 rings (SSSR count). The zero-order chi connectivity index (χ0) is 13.8. The first kappa shape index (κ1) is 12.3. The summed E-state index contributed by atoms with van der Waals surface area (Å²) in [6, 6.07) is 10.6. The summed E-state index contributed by atoms with van der Waals surface area (Å²) >= 11 is 0. The van der Waals surface area contributed by atoms with Gasteiger partial charge in [-0.25, -0.2) is 0 Å². The van der Waals surface area contributed by atoms with Crippen LogP contribution in [0.15, 0.2) is 51.0 Å². The highest BCUT2D eigenvalue weighted by atomic mass is 15.6. The van der Waals surface area contributed by atoms with Crippen molar-refractivity contribution >= 4 is 28.9 Å². The molecule has 0 spiro atoms. The van der Waals surface area contributed by atoms with E-state index in [2.05, 4.69) is 50.4 Å². The van der Waals surface area contributed by atoms with Gasteiger partial charge in [0.15, 0.2) is 0 Å². The summed E-state index contributed by atoms with van der Waals surface area (Å²) in [5, 5.41) is 16.1. The SMILES string of the molecule is C1=NN=NNN=C1.Nc1ccc2cccc3c2c1CC3. The fraction of sp³-hybridized carbons (Fsp3) is 0.143. The third kappa shape index (κ3) is 2.35. The van der Waals surface area contributed by atoms with Crippen molar-refractivity contribution in [3.05, 3.63) is 41.5 Å². The molecule has 2 aliphatic rings. The molecule has 6 nitrogen and oxygen atoms in total. The molecular weight excluding hydrogens is 252 g/mol. The van der Waals surface area contributed by atoms with Crippen molar-refractivity contribution in [3.63, 3.8) is 0 Å². The highest BCUT2D eigenvalue weighted by Crippen LogP contribution is 2.33. The van der Waals surface area contributed by atoms with E-state index < -0.39 is 0 Å². The zero-order valence-electron chi connectivity index (χ0n) is 10.8. The number of nitrogens with zero attached hydrogens (tertiary/aromatic N) is 4. The Morgan fingerprint density at radius 3 is 2.95 bits per heavy atom. The molecule has 0 saturated heterocycles. The van der Waals surface area contributed by atoms with E-state index in [0.717, 1.165) is 18.5 Å². The predicted molar refractivity (Wildman–Crippen MR) is 80.7 cm³/mol. The van der Waals surface area contributed by atoms with E-state index in [0.29, 0.717) is 0 Å². The Morgan fingerprint density at radius 2 is 2.00 bits per heavy atom. The summed E-state index contributed by atoms with van der Waals surface area (Å²) in [4.78, 5) is 0. The summed E-state index contributed by atoms with van der Waals surface area (Å²) in [5.74, 6) is 0. The first-order valence-electron chi connectivity index (χ1n) is 6.35. The lowest BCUT2D eigenvalue weighted by Crippen LogP contribution is -1.90. The van der Waals surface area contributed by atoms with Gasteiger partial charge in [0.1, 0.15) is 0 Å². The van der Waals surface area contributed by atoms with E-state index in [4.69, 9.17) is 5.73 Å². The smallest absolute Gasteiger partial charge is 0.0716 e. The molecule has 3 N–H and O–H groups in total. The highest BCUT2D eigenvalue weighted by molar-refractivity contribution is 6.15. The number of anilines is 1. The highest BCUT2D eigenvalue weighted by Gasteiger charge is 2.15. The second-order valence-corrected chi connectivity index (χ2v) is 4.48. The topological polar surface area (TPSA) is 87.5 Å². The fourth-order valence-corrected chi connectivity index (χ4v) is 2.49. The third-order valence-corrected chi connectivity index (χ3v) is 3.33. The van der Waals surface area contributed by atoms with E-state index in [9.17, 15) is 0 Å². The van der Waals surface area contributed by atoms with Crippen LogP contribution in [0.2, 0.25) is 0 Å². The van der Waals surface area contributed by atoms with Gasteiger partial charge < -0.3 is 5.73 Å². The van der Waals surface area contributed by atoms with E-state index >= 15 is 0 Å². The largest absolute Gasteiger partial charge is 0.398 e. The zero-order valence-corrected chi connectivity index (χ0v) is 10.8. The fourth-order valence-electron chi connectivity index (χ4n) is 2.49. The number of benzene rings is 2. The van der Waals surface area contributed by atoms with E-state index in [-0.39, 0.29) is 0 Å². The maximum absolute atomic E-state index is 5.93. The third-order valence-electron chi connectivity index (χ3n) is 3.33. The van der Waals surface area contributed by atoms with Gasteiger partial charge in [0, 0.05) is 5.69 Å². The van der Waals surface area contributed by atoms with Crippen LogP contribution in [0.3, 0.4) is 0 Å². The molecule has 0 fully saturated rings. The van der Waals surface area contributed by atoms with Gasteiger partial charge in [-0.2, -0.15) is 10.6 Å². The predicted octanol–water partition coefficient (Wildman–Crippen LogP) is 2.45. The summed E-state index contributed by atoms with van der Waals surface area (Å²) < 4.78 is 0. The quantitative estimate of drug-likeness (QED) is 0.717. The number of nitrogens with two attached hydrogens (primary N) is 1. The lowest BCUT2D eigenvalue weighted by Gasteiger charge is -2.03. The van der Waals surface area contributed by atoms with Crippen molar-refractivity contribution in [3.8, 4) is 0 Å². The lowest BCUT2D eigenvalue weighted by atomic mass is 10.0. The molecule has 0 unspecified atom stereocenters. The van der Waals surface area contributed by atoms with Gasteiger partial charge in [0.25, 0.3) is 0 Å². The van der Waals surface area contributed by atoms with E-state index in [1.165, 1.54) is 34.3 Å². The molecule has 2 aromatic rings. The van der Waals surface area contributed by atoms with Crippen LogP contribution in [0.25, 0.3) is 10.8 Å². The van der Waals surface area contributed by atoms with Crippen LogP contribution in [-0.2, 0) is 12.8 Å². The molecule has 0 radical (unpaired) electrons. The molecule has 100 valence electrons. The van der Waals surface area contributed by atoms with Crippen molar-refractivity contribution in [1.82, 2.24) is 5.53 Å². The van der Waals surface area contributed by atoms with Crippen molar-refractivity contribution in [2.75, 3.05) is 5.73 Å². The Balaban J connectivity index is 0.000000147. The van der Waals surface area contributed by atoms with Gasteiger partial charge in [-0.15, -0.1) is 5.10 Å². The van der Waals surface area contributed by atoms with Gasteiger partial charge in [0.2, 0.25) is 0 Å². The van der Waals surface area contributed by atoms with Crippen LogP contribution in [0.1, 0.15) is 11.1 Å². The molecular formula is C14H14N6. The minimum atomic E-state index is 0.956. The number of aryl methyl sites for hydroxylation is 2. The minimum Gasteiger partial charge on any atom is -0.398 e. The standard InChI is InChI=1S/C12H11N.C2H3N5/c13-11-7-5-9-3-1-2-8-4-6-10(11)12(8)9;1-2-4-6-7-5-3-1/h1-3,5,7H,4,6,13H2;1-2H,(H,5,6). The molecule has 0 atom stereocenters. The molecule has 0 amide bonds. The Hall–Kier alpha value is -2.76. The molecule has 0 bridgehead atoms. The number of hydrazone groups is 1. The average Bonchev–Trinajstić information content (AvgIpc) is 2.72. The van der Waals surface area contributed by atoms with E-state index in [1.807, 2.05) is 6.07 Å². The monoisotopic (exact) mass is 266 g/mol. The van der Waals surface area contributed by atoms with Gasteiger partial charge in [0.05, 0.1) is 12.4 Å². The average molecular weight is 266 g/mol. The normalized spacial score (nSPS) is 14.6. The molecule has 2 aromatic carbocycles. The summed E-state index contributed by atoms with van der Waals surface area (Å²) in [6.45, 7) is 0.